The summed E-state index contributed by atoms with van der Waals surface area (Å²) in [5.41, 5.74) is 0.574. The average molecular weight is 297 g/mol. The molecule has 0 aliphatic heterocycles. The molecule has 0 spiro atoms. The topological polar surface area (TPSA) is 54.4 Å². The molecule has 0 fully saturated rings. The summed E-state index contributed by atoms with van der Waals surface area (Å²) >= 11 is 11.7. The molecule has 0 radical (unpaired) electrons. The van der Waals surface area contributed by atoms with E-state index in [1.54, 1.807) is 18.2 Å². The van der Waals surface area contributed by atoms with Crippen molar-refractivity contribution in [3.63, 3.8) is 0 Å². The highest BCUT2D eigenvalue weighted by molar-refractivity contribution is 7.90. The van der Waals surface area contributed by atoms with Crippen LogP contribution in [0.3, 0.4) is 0 Å². The molecule has 96 valence electrons. The Balaban J connectivity index is 2.61. The van der Waals surface area contributed by atoms with Gasteiger partial charge in [-0.05, 0) is 30.5 Å². The van der Waals surface area contributed by atoms with E-state index < -0.39 is 15.9 Å². The van der Waals surface area contributed by atoms with Crippen LogP contribution in [0, 0.1) is 0 Å². The second-order valence-corrected chi connectivity index (χ2v) is 7.06. The molecule has 6 heteroatoms. The number of halogens is 2. The zero-order valence-corrected chi connectivity index (χ0v) is 11.7. The normalized spacial score (nSPS) is 13.6. The Kier molecular flexibility index (Phi) is 5.25. The summed E-state index contributed by atoms with van der Waals surface area (Å²) in [5.74, 6) is 0.0648. The lowest BCUT2D eigenvalue weighted by molar-refractivity contribution is 0.167. The second kappa shape index (κ2) is 6.05. The van der Waals surface area contributed by atoms with Crippen molar-refractivity contribution in [2.24, 2.45) is 0 Å². The Labute approximate surface area is 111 Å². The molecule has 1 aromatic carbocycles. The van der Waals surface area contributed by atoms with Gasteiger partial charge in [0.25, 0.3) is 0 Å². The molecule has 0 saturated heterocycles. The smallest absolute Gasteiger partial charge is 0.147 e. The number of aliphatic hydroxyl groups is 1. The van der Waals surface area contributed by atoms with E-state index in [0.29, 0.717) is 28.5 Å². The van der Waals surface area contributed by atoms with E-state index >= 15 is 0 Å². The van der Waals surface area contributed by atoms with Gasteiger partial charge in [-0.15, -0.1) is 0 Å². The first-order valence-corrected chi connectivity index (χ1v) is 7.92. The van der Waals surface area contributed by atoms with Crippen LogP contribution in [-0.4, -0.2) is 25.5 Å². The molecule has 1 unspecified atom stereocenters. The zero-order valence-electron chi connectivity index (χ0n) is 9.36. The van der Waals surface area contributed by atoms with Gasteiger partial charge in [-0.2, -0.15) is 0 Å². The second-order valence-electron chi connectivity index (χ2n) is 3.95. The number of hydrogen-bond acceptors (Lipinski definition) is 3. The maximum absolute atomic E-state index is 10.9. The molecule has 0 aromatic heterocycles. The van der Waals surface area contributed by atoms with E-state index in [4.69, 9.17) is 23.2 Å². The van der Waals surface area contributed by atoms with Crippen LogP contribution in [0.2, 0.25) is 10.0 Å². The first-order chi connectivity index (χ1) is 7.79. The summed E-state index contributed by atoms with van der Waals surface area (Å²) in [6, 6.07) is 4.84. The Morgan fingerprint density at radius 2 is 2.00 bits per heavy atom. The molecule has 1 aromatic rings. The van der Waals surface area contributed by atoms with Crippen LogP contribution in [0.15, 0.2) is 18.2 Å². The SMILES string of the molecule is CS(=O)(=O)CCCC(O)c1ccc(Cl)cc1Cl. The molecule has 1 rings (SSSR count). The summed E-state index contributed by atoms with van der Waals surface area (Å²) < 4.78 is 21.9. The lowest BCUT2D eigenvalue weighted by Gasteiger charge is -2.12. The van der Waals surface area contributed by atoms with E-state index in [1.807, 2.05) is 0 Å². The minimum atomic E-state index is -2.98. The van der Waals surface area contributed by atoms with Crippen LogP contribution in [-0.2, 0) is 9.84 Å². The summed E-state index contributed by atoms with van der Waals surface area (Å²) in [6.07, 6.45) is 1.17. The molecule has 0 heterocycles. The van der Waals surface area contributed by atoms with E-state index in [0.717, 1.165) is 0 Å². The highest BCUT2D eigenvalue weighted by atomic mass is 35.5. The lowest BCUT2D eigenvalue weighted by Crippen LogP contribution is -2.06. The highest BCUT2D eigenvalue weighted by Crippen LogP contribution is 2.28. The van der Waals surface area contributed by atoms with Crippen molar-refractivity contribution < 1.29 is 13.5 Å². The summed E-state index contributed by atoms with van der Waals surface area (Å²) in [7, 11) is -2.98. The van der Waals surface area contributed by atoms with Gasteiger partial charge >= 0.3 is 0 Å². The van der Waals surface area contributed by atoms with Gasteiger partial charge in [0.15, 0.2) is 0 Å². The average Bonchev–Trinajstić information content (AvgIpc) is 2.15. The molecule has 1 N–H and O–H groups in total. The van der Waals surface area contributed by atoms with Gasteiger partial charge in [0, 0.05) is 22.1 Å². The van der Waals surface area contributed by atoms with E-state index in [2.05, 4.69) is 0 Å². The maximum atomic E-state index is 10.9. The fraction of sp³-hybridized carbons (Fsp3) is 0.455. The zero-order chi connectivity index (χ0) is 13.1. The molecule has 0 aliphatic rings. The van der Waals surface area contributed by atoms with Gasteiger partial charge in [-0.3, -0.25) is 0 Å². The quantitative estimate of drug-likeness (QED) is 0.909. The molecule has 3 nitrogen and oxygen atoms in total. The van der Waals surface area contributed by atoms with Crippen molar-refractivity contribution in [1.82, 2.24) is 0 Å². The molecule has 17 heavy (non-hydrogen) atoms. The van der Waals surface area contributed by atoms with Crippen molar-refractivity contribution in [3.05, 3.63) is 33.8 Å². The third-order valence-corrected chi connectivity index (χ3v) is 3.91. The number of aliphatic hydroxyl groups excluding tert-OH is 1. The van der Waals surface area contributed by atoms with Crippen molar-refractivity contribution in [1.29, 1.82) is 0 Å². The molecule has 0 aliphatic carbocycles. The molecular weight excluding hydrogens is 283 g/mol. The molecular formula is C11H14Cl2O3S. The van der Waals surface area contributed by atoms with Crippen LogP contribution >= 0.6 is 23.2 Å². The Bertz CT molecular complexity index is 485. The van der Waals surface area contributed by atoms with Crippen molar-refractivity contribution in [2.45, 2.75) is 18.9 Å². The van der Waals surface area contributed by atoms with Gasteiger partial charge < -0.3 is 5.11 Å². The third-order valence-electron chi connectivity index (χ3n) is 2.31. The first kappa shape index (κ1) is 14.8. The minimum Gasteiger partial charge on any atom is -0.388 e. The monoisotopic (exact) mass is 296 g/mol. The predicted molar refractivity (Wildman–Crippen MR) is 70.4 cm³/mol. The Morgan fingerprint density at radius 1 is 1.35 bits per heavy atom. The highest BCUT2D eigenvalue weighted by Gasteiger charge is 2.13. The van der Waals surface area contributed by atoms with Crippen LogP contribution in [0.25, 0.3) is 0 Å². The van der Waals surface area contributed by atoms with Crippen molar-refractivity contribution >= 4 is 33.0 Å². The first-order valence-electron chi connectivity index (χ1n) is 5.10. The number of benzene rings is 1. The summed E-state index contributed by atoms with van der Waals surface area (Å²) in [4.78, 5) is 0. The van der Waals surface area contributed by atoms with E-state index in [-0.39, 0.29) is 5.75 Å². The van der Waals surface area contributed by atoms with Gasteiger partial charge in [0.1, 0.15) is 9.84 Å². The van der Waals surface area contributed by atoms with Crippen molar-refractivity contribution in [2.75, 3.05) is 12.0 Å². The van der Waals surface area contributed by atoms with Crippen LogP contribution in [0.5, 0.6) is 0 Å². The minimum absolute atomic E-state index is 0.0648. The fourth-order valence-electron chi connectivity index (χ4n) is 1.47. The standard InChI is InChI=1S/C11H14Cl2O3S/c1-17(15,16)6-2-3-11(14)9-5-4-8(12)7-10(9)13/h4-5,7,11,14H,2-3,6H2,1H3. The number of hydrogen-bond donors (Lipinski definition) is 1. The van der Waals surface area contributed by atoms with Crippen LogP contribution in [0.4, 0.5) is 0 Å². The molecule has 0 saturated carbocycles. The van der Waals surface area contributed by atoms with Gasteiger partial charge in [0.2, 0.25) is 0 Å². The summed E-state index contributed by atoms with van der Waals surface area (Å²) in [6.45, 7) is 0. The largest absolute Gasteiger partial charge is 0.388 e. The summed E-state index contributed by atoms with van der Waals surface area (Å²) in [5, 5.41) is 10.8. The van der Waals surface area contributed by atoms with Crippen LogP contribution in [0.1, 0.15) is 24.5 Å². The Morgan fingerprint density at radius 3 is 2.53 bits per heavy atom. The van der Waals surface area contributed by atoms with Gasteiger partial charge in [-0.25, -0.2) is 8.42 Å². The van der Waals surface area contributed by atoms with Crippen LogP contribution < -0.4 is 0 Å². The van der Waals surface area contributed by atoms with E-state index in [9.17, 15) is 13.5 Å². The number of sulfone groups is 1. The third kappa shape index (κ3) is 5.25. The molecule has 0 bridgehead atoms. The molecule has 1 atom stereocenters. The number of rotatable bonds is 5. The van der Waals surface area contributed by atoms with E-state index in [1.165, 1.54) is 6.26 Å². The Hall–Kier alpha value is -0.290. The maximum Gasteiger partial charge on any atom is 0.147 e. The van der Waals surface area contributed by atoms with Crippen molar-refractivity contribution in [3.8, 4) is 0 Å². The molecule has 0 amide bonds. The van der Waals surface area contributed by atoms with Gasteiger partial charge in [-0.1, -0.05) is 29.3 Å². The van der Waals surface area contributed by atoms with Gasteiger partial charge in [0.05, 0.1) is 6.10 Å². The predicted octanol–water partition coefficient (Wildman–Crippen LogP) is 2.85. The lowest BCUT2D eigenvalue weighted by atomic mass is 10.1. The fourth-order valence-corrected chi connectivity index (χ4v) is 2.69.